The zero-order valence-corrected chi connectivity index (χ0v) is 16.4. The Morgan fingerprint density at radius 2 is 1.71 bits per heavy atom. The van der Waals surface area contributed by atoms with Crippen LogP contribution in [0, 0.1) is 11.8 Å². The predicted molar refractivity (Wildman–Crippen MR) is 103 cm³/mol. The summed E-state index contributed by atoms with van der Waals surface area (Å²) >= 11 is 0. The van der Waals surface area contributed by atoms with Gasteiger partial charge in [0, 0.05) is 13.0 Å². The average Bonchev–Trinajstić information content (AvgIpc) is 2.96. The van der Waals surface area contributed by atoms with E-state index < -0.39 is 0 Å². The maximum Gasteiger partial charge on any atom is 0.233 e. The Kier molecular flexibility index (Phi) is 6.02. The summed E-state index contributed by atoms with van der Waals surface area (Å²) in [5, 5.41) is 2.90. The SMILES string of the molecule is COc1ccc([C@@H](C)NC(=O)CCN2C(=O)[C@H]3CC=CC[C@H]3C2=O)cc1OC. The van der Waals surface area contributed by atoms with Gasteiger partial charge in [-0.15, -0.1) is 0 Å². The van der Waals surface area contributed by atoms with Crippen LogP contribution in [0.3, 0.4) is 0 Å². The van der Waals surface area contributed by atoms with Gasteiger partial charge < -0.3 is 14.8 Å². The number of methoxy groups -OCH3 is 2. The molecule has 0 spiro atoms. The zero-order valence-electron chi connectivity index (χ0n) is 16.4. The molecule has 0 bridgehead atoms. The van der Waals surface area contributed by atoms with Gasteiger partial charge in [0.2, 0.25) is 17.7 Å². The molecular formula is C21H26N2O5. The molecule has 7 nitrogen and oxygen atoms in total. The Morgan fingerprint density at radius 3 is 2.29 bits per heavy atom. The number of carbonyl (C=O) groups is 3. The summed E-state index contributed by atoms with van der Waals surface area (Å²) in [6.07, 6.45) is 5.20. The van der Waals surface area contributed by atoms with Gasteiger partial charge in [-0.25, -0.2) is 0 Å². The van der Waals surface area contributed by atoms with Crippen molar-refractivity contribution >= 4 is 17.7 Å². The third-order valence-electron chi connectivity index (χ3n) is 5.45. The van der Waals surface area contributed by atoms with Crippen LogP contribution in [0.15, 0.2) is 30.4 Å². The van der Waals surface area contributed by atoms with Crippen LogP contribution in [0.25, 0.3) is 0 Å². The second-order valence-electron chi connectivity index (χ2n) is 7.14. The predicted octanol–water partition coefficient (Wildman–Crippen LogP) is 2.22. The van der Waals surface area contributed by atoms with Crippen molar-refractivity contribution in [2.24, 2.45) is 11.8 Å². The first-order valence-corrected chi connectivity index (χ1v) is 9.47. The minimum Gasteiger partial charge on any atom is -0.493 e. The largest absolute Gasteiger partial charge is 0.493 e. The minimum absolute atomic E-state index is 0.0853. The minimum atomic E-state index is -0.258. The summed E-state index contributed by atoms with van der Waals surface area (Å²) in [5.74, 6) is 0.172. The van der Waals surface area contributed by atoms with E-state index in [9.17, 15) is 14.4 Å². The van der Waals surface area contributed by atoms with Gasteiger partial charge in [-0.1, -0.05) is 18.2 Å². The molecule has 0 radical (unpaired) electrons. The summed E-state index contributed by atoms with van der Waals surface area (Å²) in [7, 11) is 3.12. The number of nitrogens with zero attached hydrogens (tertiary/aromatic N) is 1. The highest BCUT2D eigenvalue weighted by Gasteiger charge is 2.46. The standard InChI is InChI=1S/C21H26N2O5/c1-13(14-8-9-17(27-2)18(12-14)28-3)22-19(24)10-11-23-20(25)15-6-4-5-7-16(15)21(23)26/h4-5,8-9,12-13,15-16H,6-7,10-11H2,1-3H3,(H,22,24)/t13-,15-,16+/m1/s1. The maximum absolute atomic E-state index is 12.5. The van der Waals surface area contributed by atoms with Crippen LogP contribution < -0.4 is 14.8 Å². The molecule has 1 fully saturated rings. The Morgan fingerprint density at radius 1 is 1.11 bits per heavy atom. The summed E-state index contributed by atoms with van der Waals surface area (Å²) < 4.78 is 10.5. The Labute approximate surface area is 164 Å². The first-order chi connectivity index (χ1) is 13.5. The topological polar surface area (TPSA) is 84.9 Å². The van der Waals surface area contributed by atoms with E-state index >= 15 is 0 Å². The summed E-state index contributed by atoms with van der Waals surface area (Å²) in [5.41, 5.74) is 0.872. The molecule has 3 atom stereocenters. The smallest absolute Gasteiger partial charge is 0.233 e. The fourth-order valence-corrected chi connectivity index (χ4v) is 3.82. The van der Waals surface area contributed by atoms with Crippen LogP contribution in [0.5, 0.6) is 11.5 Å². The van der Waals surface area contributed by atoms with E-state index in [0.717, 1.165) is 5.56 Å². The lowest BCUT2D eigenvalue weighted by atomic mass is 9.85. The van der Waals surface area contributed by atoms with Gasteiger partial charge in [-0.2, -0.15) is 0 Å². The molecule has 3 rings (SSSR count). The van der Waals surface area contributed by atoms with Gasteiger partial charge in [-0.05, 0) is 37.5 Å². The quantitative estimate of drug-likeness (QED) is 0.574. The number of allylic oxidation sites excluding steroid dienone is 2. The second-order valence-corrected chi connectivity index (χ2v) is 7.14. The first-order valence-electron chi connectivity index (χ1n) is 9.47. The summed E-state index contributed by atoms with van der Waals surface area (Å²) in [6, 6.07) is 5.21. The lowest BCUT2D eigenvalue weighted by Crippen LogP contribution is -2.36. The number of nitrogens with one attached hydrogen (secondary N) is 1. The summed E-state index contributed by atoms with van der Waals surface area (Å²) in [6.45, 7) is 1.99. The first kappa shape index (κ1) is 19.9. The monoisotopic (exact) mass is 386 g/mol. The summed E-state index contributed by atoms with van der Waals surface area (Å²) in [4.78, 5) is 38.5. The van der Waals surface area contributed by atoms with Crippen molar-refractivity contribution in [1.82, 2.24) is 10.2 Å². The Balaban J connectivity index is 1.56. The van der Waals surface area contributed by atoms with Crippen LogP contribution in [-0.2, 0) is 14.4 Å². The molecule has 1 aliphatic carbocycles. The number of likely N-dealkylation sites (tertiary alicyclic amines) is 1. The van der Waals surface area contributed by atoms with E-state index in [0.29, 0.717) is 24.3 Å². The van der Waals surface area contributed by atoms with E-state index in [2.05, 4.69) is 5.32 Å². The molecule has 1 saturated heterocycles. The molecule has 1 N–H and O–H groups in total. The molecule has 1 aromatic rings. The lowest BCUT2D eigenvalue weighted by Gasteiger charge is -2.18. The number of amides is 3. The van der Waals surface area contributed by atoms with Gasteiger partial charge in [0.25, 0.3) is 0 Å². The number of rotatable bonds is 7. The molecule has 150 valence electrons. The highest BCUT2D eigenvalue weighted by molar-refractivity contribution is 6.05. The highest BCUT2D eigenvalue weighted by atomic mass is 16.5. The third-order valence-corrected chi connectivity index (χ3v) is 5.45. The van der Waals surface area contributed by atoms with Crippen molar-refractivity contribution in [3.05, 3.63) is 35.9 Å². The van der Waals surface area contributed by atoms with Gasteiger partial charge in [0.1, 0.15) is 0 Å². The molecule has 0 unspecified atom stereocenters. The number of fused-ring (bicyclic) bond motifs is 1. The molecule has 3 amide bonds. The van der Waals surface area contributed by atoms with E-state index in [-0.39, 0.29) is 48.6 Å². The molecule has 1 aromatic carbocycles. The number of imide groups is 1. The number of carbonyl (C=O) groups excluding carboxylic acids is 3. The fourth-order valence-electron chi connectivity index (χ4n) is 3.82. The fraction of sp³-hybridized carbons (Fsp3) is 0.476. The molecule has 1 aliphatic heterocycles. The van der Waals surface area contributed by atoms with Crippen molar-refractivity contribution in [1.29, 1.82) is 0 Å². The highest BCUT2D eigenvalue weighted by Crippen LogP contribution is 2.35. The third kappa shape index (κ3) is 3.88. The molecule has 28 heavy (non-hydrogen) atoms. The van der Waals surface area contributed by atoms with Crippen LogP contribution in [-0.4, -0.2) is 43.4 Å². The number of ether oxygens (including phenoxy) is 2. The van der Waals surface area contributed by atoms with E-state index in [1.165, 1.54) is 4.90 Å². The van der Waals surface area contributed by atoms with Crippen molar-refractivity contribution in [2.45, 2.75) is 32.2 Å². The molecular weight excluding hydrogens is 360 g/mol. The molecule has 7 heteroatoms. The van der Waals surface area contributed by atoms with E-state index in [4.69, 9.17) is 9.47 Å². The lowest BCUT2D eigenvalue weighted by molar-refractivity contribution is -0.140. The Hall–Kier alpha value is -2.83. The van der Waals surface area contributed by atoms with Gasteiger partial charge in [0.05, 0.1) is 32.1 Å². The van der Waals surface area contributed by atoms with Crippen LogP contribution in [0.4, 0.5) is 0 Å². The van der Waals surface area contributed by atoms with Crippen molar-refractivity contribution < 1.29 is 23.9 Å². The Bertz CT molecular complexity index is 778. The van der Waals surface area contributed by atoms with Crippen molar-refractivity contribution in [2.75, 3.05) is 20.8 Å². The van der Waals surface area contributed by atoms with Gasteiger partial charge in [-0.3, -0.25) is 19.3 Å². The molecule has 0 saturated carbocycles. The van der Waals surface area contributed by atoms with Gasteiger partial charge in [0.15, 0.2) is 11.5 Å². The van der Waals surface area contributed by atoms with Crippen LogP contribution >= 0.6 is 0 Å². The zero-order chi connectivity index (χ0) is 20.3. The van der Waals surface area contributed by atoms with E-state index in [1.807, 2.05) is 31.2 Å². The molecule has 2 aliphatic rings. The van der Waals surface area contributed by atoms with Crippen molar-refractivity contribution in [3.8, 4) is 11.5 Å². The van der Waals surface area contributed by atoms with Crippen LogP contribution in [0.1, 0.15) is 37.8 Å². The van der Waals surface area contributed by atoms with E-state index in [1.54, 1.807) is 20.3 Å². The number of hydrogen-bond donors (Lipinski definition) is 1. The van der Waals surface area contributed by atoms with Crippen LogP contribution in [0.2, 0.25) is 0 Å². The normalized spacial score (nSPS) is 22.0. The molecule has 1 heterocycles. The average molecular weight is 386 g/mol. The second kappa shape index (κ2) is 8.46. The molecule has 0 aromatic heterocycles. The number of benzene rings is 1. The maximum atomic E-state index is 12.5. The van der Waals surface area contributed by atoms with Gasteiger partial charge >= 0.3 is 0 Å². The van der Waals surface area contributed by atoms with Crippen molar-refractivity contribution in [3.63, 3.8) is 0 Å². The number of hydrogen-bond acceptors (Lipinski definition) is 5.